The molecule has 0 fully saturated rings. The molecule has 8 heteroatoms. The number of carbonyl (C=O) groups is 1. The molecule has 0 atom stereocenters. The number of ether oxygens (including phenoxy) is 1. The quantitative estimate of drug-likeness (QED) is 0.584. The molecule has 1 amide bonds. The molecule has 120 valence electrons. The summed E-state index contributed by atoms with van der Waals surface area (Å²) in [5.74, 6) is -0.0453. The number of amides is 1. The largest absolute Gasteiger partial charge is 0.497 e. The molecule has 3 rings (SSSR count). The van der Waals surface area contributed by atoms with Crippen molar-refractivity contribution in [2.75, 3.05) is 12.4 Å². The van der Waals surface area contributed by atoms with E-state index in [2.05, 4.69) is 15.3 Å². The molecule has 8 nitrogen and oxygen atoms in total. The first kappa shape index (κ1) is 15.3. The molecular formula is C16H12N4O4. The van der Waals surface area contributed by atoms with Crippen molar-refractivity contribution in [1.82, 2.24) is 9.97 Å². The monoisotopic (exact) mass is 324 g/mol. The van der Waals surface area contributed by atoms with E-state index in [0.29, 0.717) is 11.3 Å². The van der Waals surface area contributed by atoms with Gasteiger partial charge in [-0.3, -0.25) is 14.9 Å². The molecule has 2 aromatic carbocycles. The molecule has 0 spiro atoms. The highest BCUT2D eigenvalue weighted by molar-refractivity contribution is 6.03. The van der Waals surface area contributed by atoms with E-state index < -0.39 is 10.8 Å². The van der Waals surface area contributed by atoms with Crippen LogP contribution in [0, 0.1) is 10.1 Å². The minimum Gasteiger partial charge on any atom is -0.497 e. The van der Waals surface area contributed by atoms with Crippen LogP contribution in [-0.4, -0.2) is 27.9 Å². The number of methoxy groups -OCH3 is 1. The fourth-order valence-electron chi connectivity index (χ4n) is 2.16. The van der Waals surface area contributed by atoms with Crippen LogP contribution in [-0.2, 0) is 0 Å². The third-order valence-corrected chi connectivity index (χ3v) is 3.34. The van der Waals surface area contributed by atoms with Crippen LogP contribution in [0.1, 0.15) is 10.6 Å². The van der Waals surface area contributed by atoms with Crippen molar-refractivity contribution in [3.8, 4) is 5.75 Å². The van der Waals surface area contributed by atoms with Gasteiger partial charge in [-0.05, 0) is 24.3 Å². The van der Waals surface area contributed by atoms with E-state index in [0.717, 1.165) is 5.39 Å². The zero-order valence-electron chi connectivity index (χ0n) is 12.6. The lowest BCUT2D eigenvalue weighted by Gasteiger charge is -2.06. The van der Waals surface area contributed by atoms with Crippen molar-refractivity contribution in [2.24, 2.45) is 0 Å². The fraction of sp³-hybridized carbons (Fsp3) is 0.0625. The molecular weight excluding hydrogens is 312 g/mol. The second kappa shape index (κ2) is 6.29. The first-order chi connectivity index (χ1) is 11.6. The minimum atomic E-state index is -0.623. The number of hydrogen-bond acceptors (Lipinski definition) is 6. The summed E-state index contributed by atoms with van der Waals surface area (Å²) >= 11 is 0. The number of nitro groups is 1. The lowest BCUT2D eigenvalue weighted by molar-refractivity contribution is -0.383. The topological polar surface area (TPSA) is 107 Å². The number of hydrogen-bond donors (Lipinski definition) is 1. The van der Waals surface area contributed by atoms with Gasteiger partial charge in [-0.15, -0.1) is 0 Å². The van der Waals surface area contributed by atoms with E-state index in [1.807, 2.05) is 0 Å². The Hall–Kier alpha value is -3.55. The predicted molar refractivity (Wildman–Crippen MR) is 87.1 cm³/mol. The summed E-state index contributed by atoms with van der Waals surface area (Å²) in [7, 11) is 1.55. The third kappa shape index (κ3) is 2.98. The van der Waals surface area contributed by atoms with E-state index in [4.69, 9.17) is 4.74 Å². The van der Waals surface area contributed by atoms with Gasteiger partial charge >= 0.3 is 0 Å². The molecule has 1 N–H and O–H groups in total. The lowest BCUT2D eigenvalue weighted by Crippen LogP contribution is -2.16. The van der Waals surface area contributed by atoms with E-state index in [-0.39, 0.29) is 17.2 Å². The summed E-state index contributed by atoms with van der Waals surface area (Å²) in [6.07, 6.45) is 1.50. The normalized spacial score (nSPS) is 10.4. The number of nitrogens with one attached hydrogen (secondary N) is 1. The average molecular weight is 324 g/mol. The van der Waals surface area contributed by atoms with Crippen LogP contribution >= 0.6 is 0 Å². The molecule has 0 bridgehead atoms. The first-order valence-electron chi connectivity index (χ1n) is 6.94. The Bertz CT molecular complexity index is 942. The summed E-state index contributed by atoms with van der Waals surface area (Å²) in [5.41, 5.74) is 0.459. The second-order valence-electron chi connectivity index (χ2n) is 4.85. The predicted octanol–water partition coefficient (Wildman–Crippen LogP) is 2.80. The Labute approximate surface area is 136 Å². The molecule has 1 aromatic heterocycles. The van der Waals surface area contributed by atoms with Gasteiger partial charge in [0.15, 0.2) is 0 Å². The van der Waals surface area contributed by atoms with Crippen LogP contribution < -0.4 is 10.1 Å². The second-order valence-corrected chi connectivity index (χ2v) is 4.85. The maximum Gasteiger partial charge on any atom is 0.293 e. The third-order valence-electron chi connectivity index (χ3n) is 3.34. The lowest BCUT2D eigenvalue weighted by atomic mass is 10.2. The molecule has 0 saturated heterocycles. The number of para-hydroxylation sites is 2. The summed E-state index contributed by atoms with van der Waals surface area (Å²) in [6.45, 7) is 0. The molecule has 0 aliphatic rings. The van der Waals surface area contributed by atoms with Crippen LogP contribution in [0.2, 0.25) is 0 Å². The van der Waals surface area contributed by atoms with Gasteiger partial charge in [0.05, 0.1) is 17.5 Å². The molecule has 0 aliphatic carbocycles. The highest BCUT2D eigenvalue weighted by atomic mass is 16.6. The fourth-order valence-corrected chi connectivity index (χ4v) is 2.16. The summed E-state index contributed by atoms with van der Waals surface area (Å²) in [5, 5.41) is 14.2. The van der Waals surface area contributed by atoms with Crippen molar-refractivity contribution in [1.29, 1.82) is 0 Å². The first-order valence-corrected chi connectivity index (χ1v) is 6.94. The minimum absolute atomic E-state index is 0.0779. The molecule has 1 heterocycles. The van der Waals surface area contributed by atoms with E-state index in [1.165, 1.54) is 24.4 Å². The number of aromatic nitrogens is 2. The SMILES string of the molecule is COc1ccc2nc(C(=O)Nc3ccccc3[N+](=O)[O-])ncc2c1. The number of fused-ring (bicyclic) bond motifs is 1. The van der Waals surface area contributed by atoms with E-state index in [1.54, 1.807) is 31.4 Å². The highest BCUT2D eigenvalue weighted by Gasteiger charge is 2.17. The van der Waals surface area contributed by atoms with Crippen molar-refractivity contribution < 1.29 is 14.5 Å². The molecule has 0 aliphatic heterocycles. The Morgan fingerprint density at radius 2 is 2.04 bits per heavy atom. The zero-order chi connectivity index (χ0) is 17.1. The summed E-state index contributed by atoms with van der Waals surface area (Å²) in [4.78, 5) is 30.9. The highest BCUT2D eigenvalue weighted by Crippen LogP contribution is 2.24. The van der Waals surface area contributed by atoms with Crippen molar-refractivity contribution in [3.05, 3.63) is 64.6 Å². The van der Waals surface area contributed by atoms with Crippen molar-refractivity contribution >= 4 is 28.2 Å². The zero-order valence-corrected chi connectivity index (χ0v) is 12.6. The van der Waals surface area contributed by atoms with Gasteiger partial charge in [0, 0.05) is 17.6 Å². The number of benzene rings is 2. The van der Waals surface area contributed by atoms with Crippen LogP contribution in [0.25, 0.3) is 10.9 Å². The molecule has 0 radical (unpaired) electrons. The van der Waals surface area contributed by atoms with Crippen molar-refractivity contribution in [3.63, 3.8) is 0 Å². The van der Waals surface area contributed by atoms with Crippen molar-refractivity contribution in [2.45, 2.75) is 0 Å². The molecule has 24 heavy (non-hydrogen) atoms. The van der Waals surface area contributed by atoms with Gasteiger partial charge in [0.1, 0.15) is 11.4 Å². The van der Waals surface area contributed by atoms with Gasteiger partial charge in [-0.2, -0.15) is 0 Å². The maximum atomic E-state index is 12.3. The maximum absolute atomic E-state index is 12.3. The number of anilines is 1. The molecule has 0 saturated carbocycles. The smallest absolute Gasteiger partial charge is 0.293 e. The Kier molecular flexibility index (Phi) is 4.02. The van der Waals surface area contributed by atoms with Gasteiger partial charge in [0.25, 0.3) is 11.6 Å². The standard InChI is InChI=1S/C16H12N4O4/c1-24-11-6-7-12-10(8-11)9-17-15(18-12)16(21)19-13-4-2-3-5-14(13)20(22)23/h2-9H,1H3,(H,19,21). The van der Waals surface area contributed by atoms with Gasteiger partial charge < -0.3 is 10.1 Å². The summed E-state index contributed by atoms with van der Waals surface area (Å²) in [6, 6.07) is 11.0. The van der Waals surface area contributed by atoms with E-state index in [9.17, 15) is 14.9 Å². The van der Waals surface area contributed by atoms with Crippen LogP contribution in [0.3, 0.4) is 0 Å². The van der Waals surface area contributed by atoms with Crippen LogP contribution in [0.5, 0.6) is 5.75 Å². The number of rotatable bonds is 4. The Morgan fingerprint density at radius 1 is 1.25 bits per heavy atom. The number of nitrogens with zero attached hydrogens (tertiary/aromatic N) is 3. The van der Waals surface area contributed by atoms with Gasteiger partial charge in [0.2, 0.25) is 5.82 Å². The van der Waals surface area contributed by atoms with Crippen LogP contribution in [0.4, 0.5) is 11.4 Å². The van der Waals surface area contributed by atoms with Gasteiger partial charge in [-0.25, -0.2) is 9.97 Å². The molecule has 0 unspecified atom stereocenters. The van der Waals surface area contributed by atoms with Gasteiger partial charge in [-0.1, -0.05) is 12.1 Å². The number of carbonyl (C=O) groups excluding carboxylic acids is 1. The Morgan fingerprint density at radius 3 is 2.79 bits per heavy atom. The molecule has 3 aromatic rings. The van der Waals surface area contributed by atoms with Crippen LogP contribution in [0.15, 0.2) is 48.7 Å². The average Bonchev–Trinajstić information content (AvgIpc) is 2.61. The Balaban J connectivity index is 1.90. The van der Waals surface area contributed by atoms with E-state index >= 15 is 0 Å². The number of nitro benzene ring substituents is 1. The summed E-state index contributed by atoms with van der Waals surface area (Å²) < 4.78 is 5.12.